The van der Waals surface area contributed by atoms with Crippen molar-refractivity contribution in [2.45, 2.75) is 13.5 Å². The van der Waals surface area contributed by atoms with Crippen LogP contribution in [0.1, 0.15) is 12.5 Å². The molecule has 2 N–H and O–H groups in total. The summed E-state index contributed by atoms with van der Waals surface area (Å²) in [6.45, 7) is 2.52. The lowest BCUT2D eigenvalue weighted by Crippen LogP contribution is -2.43. The monoisotopic (exact) mass is 487 g/mol. The first-order chi connectivity index (χ1) is 17.0. The van der Waals surface area contributed by atoms with Crippen LogP contribution in [0.25, 0.3) is 16.9 Å². The maximum atomic E-state index is 12.9. The summed E-state index contributed by atoms with van der Waals surface area (Å²) in [7, 11) is 0. The highest BCUT2D eigenvalue weighted by Crippen LogP contribution is 2.25. The summed E-state index contributed by atoms with van der Waals surface area (Å²) in [6.07, 6.45) is 0. The van der Waals surface area contributed by atoms with E-state index in [0.29, 0.717) is 29.6 Å². The van der Waals surface area contributed by atoms with E-state index in [-0.39, 0.29) is 18.5 Å². The Kier molecular flexibility index (Phi) is 7.80. The molecule has 178 valence electrons. The van der Waals surface area contributed by atoms with Crippen LogP contribution in [0, 0.1) is 0 Å². The molecular weight excluding hydrogens is 462 g/mol. The Morgan fingerprint density at radius 2 is 1.60 bits per heavy atom. The Morgan fingerprint density at radius 3 is 2.26 bits per heavy atom. The number of nitrogens with zero attached hydrogens (tertiary/aromatic N) is 3. The molecule has 0 aliphatic carbocycles. The van der Waals surface area contributed by atoms with Crippen LogP contribution in [-0.4, -0.2) is 39.7 Å². The zero-order valence-corrected chi connectivity index (χ0v) is 20.1. The third kappa shape index (κ3) is 6.28. The molecule has 3 amide bonds. The molecule has 0 spiro atoms. The van der Waals surface area contributed by atoms with E-state index in [1.807, 2.05) is 85.8 Å². The van der Waals surface area contributed by atoms with Crippen molar-refractivity contribution < 1.29 is 9.59 Å². The van der Waals surface area contributed by atoms with Crippen LogP contribution in [0.3, 0.4) is 0 Å². The van der Waals surface area contributed by atoms with Crippen molar-refractivity contribution in [3.63, 3.8) is 0 Å². The number of rotatable bonds is 8. The number of hydrogen-bond acceptors (Lipinski definition) is 3. The van der Waals surface area contributed by atoms with Gasteiger partial charge < -0.3 is 15.5 Å². The second kappa shape index (κ2) is 11.4. The number of aromatic nitrogens is 2. The number of anilines is 1. The van der Waals surface area contributed by atoms with Crippen LogP contribution in [0.2, 0.25) is 5.02 Å². The zero-order valence-electron chi connectivity index (χ0n) is 19.3. The van der Waals surface area contributed by atoms with E-state index < -0.39 is 0 Å². The summed E-state index contributed by atoms with van der Waals surface area (Å²) in [5.41, 5.74) is 3.37. The average molecular weight is 488 g/mol. The fourth-order valence-electron chi connectivity index (χ4n) is 3.57. The average Bonchev–Trinajstić information content (AvgIpc) is 3.31. The topological polar surface area (TPSA) is 79.3 Å². The van der Waals surface area contributed by atoms with E-state index in [9.17, 15) is 9.59 Å². The number of amides is 3. The van der Waals surface area contributed by atoms with E-state index >= 15 is 0 Å². The molecule has 3 aromatic carbocycles. The lowest BCUT2D eigenvalue weighted by molar-refractivity contribution is -0.116. The highest BCUT2D eigenvalue weighted by molar-refractivity contribution is 6.30. The Bertz CT molecular complexity index is 1270. The molecule has 0 bridgehead atoms. The van der Waals surface area contributed by atoms with Gasteiger partial charge in [-0.3, -0.25) is 4.79 Å². The molecule has 0 saturated heterocycles. The van der Waals surface area contributed by atoms with Crippen molar-refractivity contribution >= 4 is 29.4 Å². The summed E-state index contributed by atoms with van der Waals surface area (Å²) in [6, 6.07) is 28.0. The molecule has 0 aliphatic rings. The molecule has 1 aromatic heterocycles. The van der Waals surface area contributed by atoms with E-state index in [1.165, 1.54) is 4.90 Å². The van der Waals surface area contributed by atoms with Gasteiger partial charge in [-0.05, 0) is 36.8 Å². The highest BCUT2D eigenvalue weighted by Gasteiger charge is 2.18. The van der Waals surface area contributed by atoms with Gasteiger partial charge in [0.25, 0.3) is 0 Å². The molecule has 35 heavy (non-hydrogen) atoms. The van der Waals surface area contributed by atoms with Crippen LogP contribution in [-0.2, 0) is 11.3 Å². The minimum absolute atomic E-state index is 0.0937. The molecule has 0 fully saturated rings. The van der Waals surface area contributed by atoms with Gasteiger partial charge in [0.1, 0.15) is 12.4 Å². The number of likely N-dealkylation sites (N-methyl/N-ethyl adjacent to an activating group) is 1. The van der Waals surface area contributed by atoms with Crippen molar-refractivity contribution in [1.82, 2.24) is 20.0 Å². The summed E-state index contributed by atoms with van der Waals surface area (Å²) < 4.78 is 1.66. The molecule has 0 unspecified atom stereocenters. The van der Waals surface area contributed by atoms with Crippen molar-refractivity contribution in [3.05, 3.63) is 102 Å². The van der Waals surface area contributed by atoms with Gasteiger partial charge in [0.2, 0.25) is 5.91 Å². The summed E-state index contributed by atoms with van der Waals surface area (Å²) in [5, 5.41) is 11.1. The Hall–Kier alpha value is -4.10. The molecule has 0 saturated carbocycles. The molecule has 0 atom stereocenters. The number of urea groups is 1. The van der Waals surface area contributed by atoms with Gasteiger partial charge in [-0.1, -0.05) is 72.3 Å². The van der Waals surface area contributed by atoms with Crippen LogP contribution >= 0.6 is 11.6 Å². The van der Waals surface area contributed by atoms with Crippen LogP contribution in [0.15, 0.2) is 91.0 Å². The van der Waals surface area contributed by atoms with E-state index in [1.54, 1.807) is 16.8 Å². The third-order valence-electron chi connectivity index (χ3n) is 5.41. The first-order valence-electron chi connectivity index (χ1n) is 11.3. The lowest BCUT2D eigenvalue weighted by Gasteiger charge is -2.21. The summed E-state index contributed by atoms with van der Waals surface area (Å²) >= 11 is 6.05. The van der Waals surface area contributed by atoms with Gasteiger partial charge >= 0.3 is 6.03 Å². The molecule has 8 heteroatoms. The predicted molar refractivity (Wildman–Crippen MR) is 139 cm³/mol. The maximum Gasteiger partial charge on any atom is 0.318 e. The molecule has 4 rings (SSSR count). The second-order valence-electron chi connectivity index (χ2n) is 7.88. The normalized spacial score (nSPS) is 10.6. The van der Waals surface area contributed by atoms with Crippen LogP contribution in [0.4, 0.5) is 10.6 Å². The molecule has 0 aliphatic heterocycles. The van der Waals surface area contributed by atoms with Crippen molar-refractivity contribution in [3.8, 4) is 16.9 Å². The van der Waals surface area contributed by atoms with Gasteiger partial charge in [-0.2, -0.15) is 5.10 Å². The Labute approximate surface area is 209 Å². The van der Waals surface area contributed by atoms with E-state index in [0.717, 1.165) is 16.8 Å². The lowest BCUT2D eigenvalue weighted by atomic mass is 10.1. The SMILES string of the molecule is CCN(CC(=O)Nc1cc(-c2ccccc2)nn1-c1ccc(Cl)cc1)C(=O)NCc1ccccc1. The van der Waals surface area contributed by atoms with Gasteiger partial charge in [-0.25, -0.2) is 9.48 Å². The number of hydrogen-bond donors (Lipinski definition) is 2. The number of halogens is 1. The zero-order chi connectivity index (χ0) is 24.6. The van der Waals surface area contributed by atoms with Crippen LogP contribution < -0.4 is 10.6 Å². The second-order valence-corrected chi connectivity index (χ2v) is 8.31. The number of nitrogens with one attached hydrogen (secondary N) is 2. The molecular formula is C27H26ClN5O2. The molecule has 4 aromatic rings. The number of carbonyl (C=O) groups is 2. The Balaban J connectivity index is 1.49. The summed E-state index contributed by atoms with van der Waals surface area (Å²) in [4.78, 5) is 27.1. The van der Waals surface area contributed by atoms with Gasteiger partial charge in [0.05, 0.1) is 11.4 Å². The van der Waals surface area contributed by atoms with E-state index in [4.69, 9.17) is 16.7 Å². The quantitative estimate of drug-likeness (QED) is 0.351. The molecule has 0 radical (unpaired) electrons. The fraction of sp³-hybridized carbons (Fsp3) is 0.148. The minimum Gasteiger partial charge on any atom is -0.334 e. The first kappa shape index (κ1) is 24.0. The van der Waals surface area contributed by atoms with Crippen molar-refractivity contribution in [1.29, 1.82) is 0 Å². The van der Waals surface area contributed by atoms with Gasteiger partial charge in [0.15, 0.2) is 0 Å². The van der Waals surface area contributed by atoms with Crippen molar-refractivity contribution in [2.24, 2.45) is 0 Å². The largest absolute Gasteiger partial charge is 0.334 e. The maximum absolute atomic E-state index is 12.9. The Morgan fingerprint density at radius 1 is 0.943 bits per heavy atom. The molecule has 7 nitrogen and oxygen atoms in total. The summed E-state index contributed by atoms with van der Waals surface area (Å²) in [5.74, 6) is 0.174. The molecule has 1 heterocycles. The van der Waals surface area contributed by atoms with Crippen molar-refractivity contribution in [2.75, 3.05) is 18.4 Å². The standard InChI is InChI=1S/C27H26ClN5O2/c1-2-32(27(35)29-18-20-9-5-3-6-10-20)19-26(34)30-25-17-24(21-11-7-4-8-12-21)31-33(25)23-15-13-22(28)14-16-23/h3-17H,2,18-19H2,1H3,(H,29,35)(H,30,34). The fourth-order valence-corrected chi connectivity index (χ4v) is 3.69. The van der Waals surface area contributed by atoms with E-state index in [2.05, 4.69) is 10.6 Å². The smallest absolute Gasteiger partial charge is 0.318 e. The number of benzene rings is 3. The van der Waals surface area contributed by atoms with Crippen LogP contribution in [0.5, 0.6) is 0 Å². The minimum atomic E-state index is -0.323. The number of carbonyl (C=O) groups excluding carboxylic acids is 2. The highest BCUT2D eigenvalue weighted by atomic mass is 35.5. The third-order valence-corrected chi connectivity index (χ3v) is 5.66. The first-order valence-corrected chi connectivity index (χ1v) is 11.7. The van der Waals surface area contributed by atoms with Gasteiger partial charge in [0, 0.05) is 29.7 Å². The van der Waals surface area contributed by atoms with Gasteiger partial charge in [-0.15, -0.1) is 0 Å². The predicted octanol–water partition coefficient (Wildman–Crippen LogP) is 5.36.